The van der Waals surface area contributed by atoms with E-state index in [4.69, 9.17) is 4.74 Å². The van der Waals surface area contributed by atoms with Crippen molar-refractivity contribution >= 4 is 0 Å². The van der Waals surface area contributed by atoms with E-state index in [9.17, 15) is 0 Å². The van der Waals surface area contributed by atoms with E-state index in [1.165, 1.54) is 19.5 Å². The minimum Gasteiger partial charge on any atom is -0.379 e. The van der Waals surface area contributed by atoms with Crippen LogP contribution < -0.4 is 0 Å². The molecule has 120 valence electrons. The molecule has 2 heterocycles. The normalized spacial score (nSPS) is 24.0. The van der Waals surface area contributed by atoms with Crippen molar-refractivity contribution < 1.29 is 4.74 Å². The summed E-state index contributed by atoms with van der Waals surface area (Å²) < 4.78 is 5.29. The van der Waals surface area contributed by atoms with Crippen molar-refractivity contribution in [3.05, 3.63) is 0 Å². The van der Waals surface area contributed by atoms with E-state index in [0.717, 1.165) is 44.2 Å². The predicted molar refractivity (Wildman–Crippen MR) is 87.2 cm³/mol. The summed E-state index contributed by atoms with van der Waals surface area (Å²) in [4.78, 5) is 5.05. The molecule has 0 saturated carbocycles. The highest BCUT2D eigenvalue weighted by Crippen LogP contribution is 2.16. The van der Waals surface area contributed by atoms with Gasteiger partial charge in [0, 0.05) is 25.2 Å². The molecule has 0 radical (unpaired) electrons. The molecule has 0 spiro atoms. The van der Waals surface area contributed by atoms with Gasteiger partial charge >= 0.3 is 0 Å². The van der Waals surface area contributed by atoms with Crippen molar-refractivity contribution in [2.24, 2.45) is 11.8 Å². The Hall–Kier alpha value is -0.120. The van der Waals surface area contributed by atoms with Gasteiger partial charge < -0.3 is 9.64 Å². The number of rotatable bonds is 4. The van der Waals surface area contributed by atoms with Crippen molar-refractivity contribution in [1.82, 2.24) is 9.80 Å². The Labute approximate surface area is 126 Å². The van der Waals surface area contributed by atoms with Crippen LogP contribution in [0.25, 0.3) is 0 Å². The van der Waals surface area contributed by atoms with Crippen LogP contribution >= 0.6 is 0 Å². The van der Waals surface area contributed by atoms with E-state index in [1.807, 2.05) is 0 Å². The lowest BCUT2D eigenvalue weighted by Gasteiger charge is -2.38. The Kier molecular flexibility index (Phi) is 8.08. The Bertz CT molecular complexity index is 245. The number of nitrogens with zero attached hydrogens (tertiary/aromatic N) is 2. The first-order valence-electron chi connectivity index (χ1n) is 8.49. The van der Waals surface area contributed by atoms with Crippen molar-refractivity contribution in [2.75, 3.05) is 39.4 Å². The van der Waals surface area contributed by atoms with Crippen LogP contribution in [0.15, 0.2) is 0 Å². The maximum absolute atomic E-state index is 5.29. The van der Waals surface area contributed by atoms with Crippen LogP contribution in [-0.2, 0) is 4.74 Å². The van der Waals surface area contributed by atoms with Gasteiger partial charge in [-0.25, -0.2) is 0 Å². The quantitative estimate of drug-likeness (QED) is 0.789. The molecule has 2 saturated heterocycles. The first-order valence-corrected chi connectivity index (χ1v) is 8.49. The summed E-state index contributed by atoms with van der Waals surface area (Å²) in [6, 6.07) is 1.51. The van der Waals surface area contributed by atoms with E-state index in [1.54, 1.807) is 0 Å². The fraction of sp³-hybridized carbons (Fsp3) is 1.00. The average Bonchev–Trinajstić information content (AvgIpc) is 2.37. The molecule has 3 heteroatoms. The van der Waals surface area contributed by atoms with E-state index < -0.39 is 0 Å². The summed E-state index contributed by atoms with van der Waals surface area (Å²) in [7, 11) is 0. The summed E-state index contributed by atoms with van der Waals surface area (Å²) in [5.74, 6) is 1.58. The number of likely N-dealkylation sites (tertiary alicyclic amines) is 1. The third kappa shape index (κ3) is 5.71. The van der Waals surface area contributed by atoms with E-state index >= 15 is 0 Å². The topological polar surface area (TPSA) is 15.7 Å². The first kappa shape index (κ1) is 17.9. The molecule has 2 aliphatic heterocycles. The second-order valence-corrected chi connectivity index (χ2v) is 7.01. The molecule has 20 heavy (non-hydrogen) atoms. The SMILES string of the molecule is CC(C)C(C)N1CCC1.CC(C)C(C)N1CCOCC1. The molecule has 0 N–H and O–H groups in total. The van der Waals surface area contributed by atoms with Gasteiger partial charge in [0.2, 0.25) is 0 Å². The predicted octanol–water partition coefficient (Wildman–Crippen LogP) is 3.10. The monoisotopic (exact) mass is 284 g/mol. The fourth-order valence-electron chi connectivity index (χ4n) is 2.58. The van der Waals surface area contributed by atoms with E-state index in [2.05, 4.69) is 51.3 Å². The van der Waals surface area contributed by atoms with Gasteiger partial charge in [-0.1, -0.05) is 27.7 Å². The maximum Gasteiger partial charge on any atom is 0.0594 e. The van der Waals surface area contributed by atoms with Crippen LogP contribution in [-0.4, -0.2) is 61.3 Å². The maximum atomic E-state index is 5.29. The highest BCUT2D eigenvalue weighted by molar-refractivity contribution is 4.76. The molecule has 3 nitrogen and oxygen atoms in total. The second-order valence-electron chi connectivity index (χ2n) is 7.01. The molecule has 0 aromatic carbocycles. The van der Waals surface area contributed by atoms with Crippen LogP contribution in [0.5, 0.6) is 0 Å². The number of hydrogen-bond donors (Lipinski definition) is 0. The summed E-state index contributed by atoms with van der Waals surface area (Å²) in [5.41, 5.74) is 0. The fourth-order valence-corrected chi connectivity index (χ4v) is 2.58. The summed E-state index contributed by atoms with van der Waals surface area (Å²) in [6.45, 7) is 20.5. The van der Waals surface area contributed by atoms with Gasteiger partial charge in [-0.15, -0.1) is 0 Å². The zero-order valence-electron chi connectivity index (χ0n) is 14.6. The van der Waals surface area contributed by atoms with Gasteiger partial charge in [-0.2, -0.15) is 0 Å². The molecule has 0 bridgehead atoms. The number of morpholine rings is 1. The van der Waals surface area contributed by atoms with Crippen molar-refractivity contribution in [3.8, 4) is 0 Å². The van der Waals surface area contributed by atoms with Crippen LogP contribution in [0.4, 0.5) is 0 Å². The minimum atomic E-state index is 0.707. The lowest BCUT2D eigenvalue weighted by atomic mass is 10.0. The van der Waals surface area contributed by atoms with E-state index in [0.29, 0.717) is 6.04 Å². The smallest absolute Gasteiger partial charge is 0.0594 e. The average molecular weight is 284 g/mol. The van der Waals surface area contributed by atoms with Crippen LogP contribution in [0.1, 0.15) is 48.0 Å². The van der Waals surface area contributed by atoms with Gasteiger partial charge in [0.05, 0.1) is 13.2 Å². The molecule has 0 aromatic rings. The van der Waals surface area contributed by atoms with Crippen molar-refractivity contribution in [1.29, 1.82) is 0 Å². The molecule has 2 fully saturated rings. The molecule has 2 unspecified atom stereocenters. The number of hydrogen-bond acceptors (Lipinski definition) is 3. The molecule has 2 rings (SSSR count). The zero-order valence-corrected chi connectivity index (χ0v) is 14.6. The molecule has 2 aliphatic rings. The third-order valence-electron chi connectivity index (χ3n) is 5.02. The van der Waals surface area contributed by atoms with Crippen LogP contribution in [0.3, 0.4) is 0 Å². The Morgan fingerprint density at radius 2 is 1.05 bits per heavy atom. The first-order chi connectivity index (χ1) is 9.43. The van der Waals surface area contributed by atoms with Gasteiger partial charge in [-0.05, 0) is 45.2 Å². The lowest BCUT2D eigenvalue weighted by molar-refractivity contribution is 0.0109. The Morgan fingerprint density at radius 3 is 1.30 bits per heavy atom. The summed E-state index contributed by atoms with van der Waals surface area (Å²) in [6.07, 6.45) is 1.41. The van der Waals surface area contributed by atoms with Gasteiger partial charge in [0.25, 0.3) is 0 Å². The van der Waals surface area contributed by atoms with Gasteiger partial charge in [0.1, 0.15) is 0 Å². The highest BCUT2D eigenvalue weighted by Gasteiger charge is 2.21. The standard InChI is InChI=1S/C9H19NO.C8H17N/c1-8(2)9(3)10-4-6-11-7-5-10;1-7(2)8(3)9-5-4-6-9/h8-9H,4-7H2,1-3H3;7-8H,4-6H2,1-3H3. The van der Waals surface area contributed by atoms with Gasteiger partial charge in [-0.3, -0.25) is 4.90 Å². The lowest BCUT2D eigenvalue weighted by Crippen LogP contribution is -2.45. The molecule has 2 atom stereocenters. The molecular formula is C17H36N2O. The number of ether oxygens (including phenoxy) is 1. The molecule has 0 amide bonds. The van der Waals surface area contributed by atoms with Gasteiger partial charge in [0.15, 0.2) is 0 Å². The van der Waals surface area contributed by atoms with Crippen molar-refractivity contribution in [3.63, 3.8) is 0 Å². The molecular weight excluding hydrogens is 248 g/mol. The highest BCUT2D eigenvalue weighted by atomic mass is 16.5. The van der Waals surface area contributed by atoms with Crippen LogP contribution in [0, 0.1) is 11.8 Å². The van der Waals surface area contributed by atoms with E-state index in [-0.39, 0.29) is 0 Å². The Morgan fingerprint density at radius 1 is 0.650 bits per heavy atom. The minimum absolute atomic E-state index is 0.707. The Balaban J connectivity index is 0.000000204. The largest absolute Gasteiger partial charge is 0.379 e. The summed E-state index contributed by atoms with van der Waals surface area (Å²) in [5, 5.41) is 0. The van der Waals surface area contributed by atoms with Crippen molar-refractivity contribution in [2.45, 2.75) is 60.0 Å². The molecule has 0 aliphatic carbocycles. The zero-order chi connectivity index (χ0) is 15.1. The van der Waals surface area contributed by atoms with Crippen LogP contribution in [0.2, 0.25) is 0 Å². The molecule has 0 aromatic heterocycles. The third-order valence-corrected chi connectivity index (χ3v) is 5.02. The summed E-state index contributed by atoms with van der Waals surface area (Å²) >= 11 is 0. The second kappa shape index (κ2) is 9.01.